The maximum Gasteiger partial charge on any atom is 0.246 e. The highest BCUT2D eigenvalue weighted by atomic mass is 16.2. The number of carbonyl (C=O) groups excluding carboxylic acids is 2. The lowest BCUT2D eigenvalue weighted by molar-refractivity contribution is -0.159. The van der Waals surface area contributed by atoms with Crippen molar-refractivity contribution >= 4 is 11.8 Å². The molecule has 2 atom stereocenters. The molecular formula is C12H20N2O2. The highest BCUT2D eigenvalue weighted by Gasteiger charge is 2.41. The molecule has 0 aromatic rings. The van der Waals surface area contributed by atoms with Gasteiger partial charge in [-0.3, -0.25) is 9.59 Å². The Morgan fingerprint density at radius 1 is 1.38 bits per heavy atom. The van der Waals surface area contributed by atoms with Crippen molar-refractivity contribution in [3.8, 4) is 0 Å². The summed E-state index contributed by atoms with van der Waals surface area (Å²) in [5.41, 5.74) is 0. The predicted octanol–water partition coefficient (Wildman–Crippen LogP) is 1.01. The minimum Gasteiger partial charge on any atom is -0.329 e. The van der Waals surface area contributed by atoms with Gasteiger partial charge < -0.3 is 9.80 Å². The third kappa shape index (κ3) is 1.81. The summed E-state index contributed by atoms with van der Waals surface area (Å²) < 4.78 is 0. The first-order valence-electron chi connectivity index (χ1n) is 6.25. The highest BCUT2D eigenvalue weighted by Crippen LogP contribution is 2.24. The first-order valence-corrected chi connectivity index (χ1v) is 6.25. The number of fused-ring (bicyclic) bond motifs is 1. The summed E-state index contributed by atoms with van der Waals surface area (Å²) in [5.74, 6) is 0.290. The van der Waals surface area contributed by atoms with E-state index in [2.05, 4.69) is 6.92 Å². The number of piperidine rings is 1. The van der Waals surface area contributed by atoms with E-state index in [1.807, 2.05) is 6.92 Å². The number of nitrogens with zero attached hydrogens (tertiary/aromatic N) is 2. The summed E-state index contributed by atoms with van der Waals surface area (Å²) in [5, 5.41) is 0. The quantitative estimate of drug-likeness (QED) is 0.702. The monoisotopic (exact) mass is 224 g/mol. The molecule has 2 heterocycles. The average molecular weight is 224 g/mol. The second-order valence-corrected chi connectivity index (χ2v) is 4.82. The zero-order chi connectivity index (χ0) is 11.7. The third-order valence-corrected chi connectivity index (χ3v) is 3.82. The molecule has 2 unspecified atom stereocenters. The smallest absolute Gasteiger partial charge is 0.246 e. The molecule has 2 saturated heterocycles. The number of carbonyl (C=O) groups is 2. The fourth-order valence-corrected chi connectivity index (χ4v) is 2.59. The number of hydrogen-bond acceptors (Lipinski definition) is 2. The van der Waals surface area contributed by atoms with Crippen LogP contribution in [-0.2, 0) is 9.59 Å². The van der Waals surface area contributed by atoms with Gasteiger partial charge in [0.1, 0.15) is 12.6 Å². The van der Waals surface area contributed by atoms with E-state index in [-0.39, 0.29) is 30.4 Å². The second kappa shape index (κ2) is 4.44. The van der Waals surface area contributed by atoms with Crippen molar-refractivity contribution in [1.82, 2.24) is 9.80 Å². The number of hydrogen-bond donors (Lipinski definition) is 0. The molecule has 0 radical (unpaired) electrons. The second-order valence-electron chi connectivity index (χ2n) is 4.82. The molecule has 90 valence electrons. The van der Waals surface area contributed by atoms with E-state index in [9.17, 15) is 9.59 Å². The zero-order valence-corrected chi connectivity index (χ0v) is 10.1. The van der Waals surface area contributed by atoms with Gasteiger partial charge in [0.2, 0.25) is 11.8 Å². The van der Waals surface area contributed by atoms with Crippen LogP contribution in [0.3, 0.4) is 0 Å². The molecule has 0 bridgehead atoms. The van der Waals surface area contributed by atoms with Crippen LogP contribution in [0.1, 0.15) is 39.5 Å². The first-order chi connectivity index (χ1) is 7.65. The molecule has 0 aromatic carbocycles. The molecule has 4 nitrogen and oxygen atoms in total. The average Bonchev–Trinajstić information content (AvgIpc) is 2.33. The van der Waals surface area contributed by atoms with Crippen LogP contribution >= 0.6 is 0 Å². The van der Waals surface area contributed by atoms with Gasteiger partial charge in [0.25, 0.3) is 0 Å². The summed E-state index contributed by atoms with van der Waals surface area (Å²) in [6.45, 7) is 5.12. The van der Waals surface area contributed by atoms with Crippen LogP contribution in [0, 0.1) is 0 Å². The van der Waals surface area contributed by atoms with Crippen molar-refractivity contribution in [2.75, 3.05) is 13.1 Å². The van der Waals surface area contributed by atoms with Gasteiger partial charge in [-0.05, 0) is 32.6 Å². The van der Waals surface area contributed by atoms with Crippen molar-refractivity contribution < 1.29 is 9.59 Å². The van der Waals surface area contributed by atoms with Gasteiger partial charge in [-0.25, -0.2) is 0 Å². The largest absolute Gasteiger partial charge is 0.329 e. The molecule has 0 N–H and O–H groups in total. The summed E-state index contributed by atoms with van der Waals surface area (Å²) in [6.07, 6.45) is 3.86. The maximum atomic E-state index is 12.2. The van der Waals surface area contributed by atoms with E-state index in [1.54, 1.807) is 9.80 Å². The van der Waals surface area contributed by atoms with E-state index < -0.39 is 0 Å². The van der Waals surface area contributed by atoms with E-state index in [4.69, 9.17) is 0 Å². The van der Waals surface area contributed by atoms with E-state index >= 15 is 0 Å². The van der Waals surface area contributed by atoms with Crippen molar-refractivity contribution in [2.24, 2.45) is 0 Å². The van der Waals surface area contributed by atoms with Gasteiger partial charge in [0, 0.05) is 12.6 Å². The Kier molecular flexibility index (Phi) is 3.17. The Labute approximate surface area is 96.6 Å². The predicted molar refractivity (Wildman–Crippen MR) is 60.8 cm³/mol. The van der Waals surface area contributed by atoms with Gasteiger partial charge in [-0.1, -0.05) is 6.92 Å². The topological polar surface area (TPSA) is 40.6 Å². The van der Waals surface area contributed by atoms with Crippen LogP contribution in [0.25, 0.3) is 0 Å². The van der Waals surface area contributed by atoms with Crippen LogP contribution in [0.4, 0.5) is 0 Å². The SMILES string of the molecule is CCC(C)N1CC(=O)N2CCCCC2C1=O. The number of piperazine rings is 1. The molecular weight excluding hydrogens is 204 g/mol. The van der Waals surface area contributed by atoms with E-state index in [1.165, 1.54) is 0 Å². The van der Waals surface area contributed by atoms with Gasteiger partial charge in [-0.15, -0.1) is 0 Å². The summed E-state index contributed by atoms with van der Waals surface area (Å²) in [6, 6.07) is 0.0181. The molecule has 2 rings (SSSR count). The van der Waals surface area contributed by atoms with Gasteiger partial charge in [0.15, 0.2) is 0 Å². The van der Waals surface area contributed by atoms with Gasteiger partial charge in [0.05, 0.1) is 0 Å². The lowest BCUT2D eigenvalue weighted by Gasteiger charge is -2.44. The molecule has 4 heteroatoms. The minimum atomic E-state index is -0.163. The molecule has 0 spiro atoms. The van der Waals surface area contributed by atoms with Gasteiger partial charge in [-0.2, -0.15) is 0 Å². The lowest BCUT2D eigenvalue weighted by atomic mass is 9.97. The Hall–Kier alpha value is -1.06. The molecule has 16 heavy (non-hydrogen) atoms. The molecule has 0 aromatic heterocycles. The highest BCUT2D eigenvalue weighted by molar-refractivity contribution is 5.95. The molecule has 0 aliphatic carbocycles. The Morgan fingerprint density at radius 3 is 2.81 bits per heavy atom. The zero-order valence-electron chi connectivity index (χ0n) is 10.1. The fraction of sp³-hybridized carbons (Fsp3) is 0.833. The van der Waals surface area contributed by atoms with Crippen molar-refractivity contribution in [3.63, 3.8) is 0 Å². The maximum absolute atomic E-state index is 12.2. The Morgan fingerprint density at radius 2 is 2.12 bits per heavy atom. The van der Waals surface area contributed by atoms with Crippen molar-refractivity contribution in [3.05, 3.63) is 0 Å². The van der Waals surface area contributed by atoms with Crippen molar-refractivity contribution in [1.29, 1.82) is 0 Å². The van der Waals surface area contributed by atoms with Crippen LogP contribution in [0.2, 0.25) is 0 Å². The molecule has 2 aliphatic heterocycles. The Bertz CT molecular complexity index is 299. The van der Waals surface area contributed by atoms with Crippen LogP contribution in [0.5, 0.6) is 0 Å². The lowest BCUT2D eigenvalue weighted by Crippen LogP contribution is -2.62. The first kappa shape index (κ1) is 11.4. The summed E-state index contributed by atoms with van der Waals surface area (Å²) in [4.78, 5) is 27.7. The normalized spacial score (nSPS) is 28.0. The molecule has 2 amide bonds. The van der Waals surface area contributed by atoms with Crippen LogP contribution < -0.4 is 0 Å². The van der Waals surface area contributed by atoms with E-state index in [0.717, 1.165) is 32.2 Å². The standard InChI is InChI=1S/C12H20N2O2/c1-3-9(2)14-8-11(15)13-7-5-4-6-10(13)12(14)16/h9-10H,3-8H2,1-2H3. The summed E-state index contributed by atoms with van der Waals surface area (Å²) >= 11 is 0. The van der Waals surface area contributed by atoms with Gasteiger partial charge >= 0.3 is 0 Å². The van der Waals surface area contributed by atoms with Crippen LogP contribution in [0.15, 0.2) is 0 Å². The van der Waals surface area contributed by atoms with Crippen LogP contribution in [-0.4, -0.2) is 46.8 Å². The minimum absolute atomic E-state index is 0.129. The third-order valence-electron chi connectivity index (χ3n) is 3.82. The fourth-order valence-electron chi connectivity index (χ4n) is 2.59. The Balaban J connectivity index is 2.16. The molecule has 0 saturated carbocycles. The number of rotatable bonds is 2. The van der Waals surface area contributed by atoms with Crippen molar-refractivity contribution in [2.45, 2.75) is 51.6 Å². The molecule has 2 aliphatic rings. The van der Waals surface area contributed by atoms with E-state index in [0.29, 0.717) is 0 Å². The molecule has 2 fully saturated rings. The number of amides is 2. The summed E-state index contributed by atoms with van der Waals surface area (Å²) in [7, 11) is 0.